The zero-order valence-corrected chi connectivity index (χ0v) is 10.6. The summed E-state index contributed by atoms with van der Waals surface area (Å²) < 4.78 is 22.0. The summed E-state index contributed by atoms with van der Waals surface area (Å²) in [6.07, 6.45) is 4.60. The van der Waals surface area contributed by atoms with Crippen molar-refractivity contribution in [2.24, 2.45) is 0 Å². The van der Waals surface area contributed by atoms with Gasteiger partial charge in [0.05, 0.1) is 13.2 Å². The Bertz CT molecular complexity index is 270. The Hall–Kier alpha value is -0.700. The van der Waals surface area contributed by atoms with E-state index in [-0.39, 0.29) is 19.6 Å². The lowest BCUT2D eigenvalue weighted by molar-refractivity contribution is -0.114. The maximum atomic E-state index is 12.0. The molecule has 0 aromatic heterocycles. The van der Waals surface area contributed by atoms with Gasteiger partial charge in [-0.25, -0.2) is 0 Å². The van der Waals surface area contributed by atoms with Crippen LogP contribution in [0.15, 0.2) is 25.3 Å². The van der Waals surface area contributed by atoms with E-state index in [9.17, 15) is 9.36 Å². The molecule has 4 nitrogen and oxygen atoms in total. The molecule has 5 heteroatoms. The average molecular weight is 246 g/mol. The molecule has 0 aliphatic carbocycles. The van der Waals surface area contributed by atoms with Gasteiger partial charge < -0.3 is 0 Å². The smallest absolute Gasteiger partial charge is 0.299 e. The normalized spacial score (nSPS) is 11.1. The Morgan fingerprint density at radius 2 is 1.75 bits per heavy atom. The van der Waals surface area contributed by atoms with Crippen LogP contribution in [0.25, 0.3) is 0 Å². The van der Waals surface area contributed by atoms with Gasteiger partial charge in [-0.15, -0.1) is 13.2 Å². The van der Waals surface area contributed by atoms with Crippen LogP contribution in [-0.2, 0) is 18.4 Å². The first-order chi connectivity index (χ1) is 7.60. The molecule has 0 bridgehead atoms. The number of carbonyl (C=O) groups excluding carboxylic acids is 1. The van der Waals surface area contributed by atoms with Gasteiger partial charge in [-0.1, -0.05) is 25.5 Å². The van der Waals surface area contributed by atoms with Crippen LogP contribution >= 0.6 is 7.60 Å². The standard InChI is InChI=1S/C11H19O4P/c1-4-7-8-11(12)16(13,14-9-5-2)15-10-6-3/h5-6H,2-4,7-10H2,1H3. The van der Waals surface area contributed by atoms with Crippen LogP contribution in [0.1, 0.15) is 26.2 Å². The highest BCUT2D eigenvalue weighted by Crippen LogP contribution is 2.50. The third kappa shape index (κ3) is 5.40. The Morgan fingerprint density at radius 1 is 1.25 bits per heavy atom. The molecule has 16 heavy (non-hydrogen) atoms. The number of unbranched alkanes of at least 4 members (excludes halogenated alkanes) is 1. The molecule has 0 aromatic carbocycles. The van der Waals surface area contributed by atoms with E-state index in [0.29, 0.717) is 6.42 Å². The SMILES string of the molecule is C=CCOP(=O)(OCC=C)C(=O)CCCC. The van der Waals surface area contributed by atoms with E-state index in [1.165, 1.54) is 12.2 Å². The highest BCUT2D eigenvalue weighted by Gasteiger charge is 2.33. The molecular formula is C11H19O4P. The first-order valence-electron chi connectivity index (χ1n) is 5.25. The fourth-order valence-corrected chi connectivity index (χ4v) is 2.35. The van der Waals surface area contributed by atoms with Crippen molar-refractivity contribution in [1.82, 2.24) is 0 Å². The molecule has 0 aromatic rings. The molecule has 0 heterocycles. The number of hydrogen-bond acceptors (Lipinski definition) is 4. The van der Waals surface area contributed by atoms with Crippen molar-refractivity contribution in [2.75, 3.05) is 13.2 Å². The minimum atomic E-state index is -3.65. The quantitative estimate of drug-likeness (QED) is 0.438. The molecule has 0 aliphatic heterocycles. The molecule has 0 radical (unpaired) electrons. The van der Waals surface area contributed by atoms with Crippen LogP contribution in [0.5, 0.6) is 0 Å². The Labute approximate surface area is 96.9 Å². The maximum absolute atomic E-state index is 12.0. The monoisotopic (exact) mass is 246 g/mol. The molecular weight excluding hydrogens is 227 g/mol. The van der Waals surface area contributed by atoms with Gasteiger partial charge in [0.1, 0.15) is 0 Å². The topological polar surface area (TPSA) is 52.6 Å². The highest BCUT2D eigenvalue weighted by atomic mass is 31.2. The van der Waals surface area contributed by atoms with Crippen LogP contribution in [0, 0.1) is 0 Å². The molecule has 92 valence electrons. The zero-order chi connectivity index (χ0) is 12.4. The fraction of sp³-hybridized carbons (Fsp3) is 0.545. The van der Waals surface area contributed by atoms with Crippen molar-refractivity contribution in [3.8, 4) is 0 Å². The van der Waals surface area contributed by atoms with Crippen molar-refractivity contribution in [1.29, 1.82) is 0 Å². The molecule has 0 saturated carbocycles. The van der Waals surface area contributed by atoms with Gasteiger partial charge in [0, 0.05) is 6.42 Å². The molecule has 0 aliphatic rings. The van der Waals surface area contributed by atoms with Crippen LogP contribution in [0.2, 0.25) is 0 Å². The van der Waals surface area contributed by atoms with E-state index < -0.39 is 13.1 Å². The molecule has 0 spiro atoms. The van der Waals surface area contributed by atoms with Crippen LogP contribution < -0.4 is 0 Å². The highest BCUT2D eigenvalue weighted by molar-refractivity contribution is 7.71. The van der Waals surface area contributed by atoms with Gasteiger partial charge in [-0.05, 0) is 6.42 Å². The van der Waals surface area contributed by atoms with Gasteiger partial charge in [0.2, 0.25) is 5.52 Å². The second-order valence-electron chi connectivity index (χ2n) is 3.16. The molecule has 0 N–H and O–H groups in total. The molecule has 0 atom stereocenters. The van der Waals surface area contributed by atoms with Crippen molar-refractivity contribution < 1.29 is 18.4 Å². The number of hydrogen-bond donors (Lipinski definition) is 0. The minimum Gasteiger partial charge on any atom is -0.299 e. The summed E-state index contributed by atoms with van der Waals surface area (Å²) in [6, 6.07) is 0. The van der Waals surface area contributed by atoms with Crippen molar-refractivity contribution in [2.45, 2.75) is 26.2 Å². The van der Waals surface area contributed by atoms with Crippen molar-refractivity contribution in [3.63, 3.8) is 0 Å². The first kappa shape index (κ1) is 15.3. The largest absolute Gasteiger partial charge is 0.397 e. The van der Waals surface area contributed by atoms with Gasteiger partial charge in [0.25, 0.3) is 0 Å². The van der Waals surface area contributed by atoms with Gasteiger partial charge in [-0.3, -0.25) is 18.4 Å². The minimum absolute atomic E-state index is 0.0340. The summed E-state index contributed by atoms with van der Waals surface area (Å²) in [7, 11) is -3.65. The fourth-order valence-electron chi connectivity index (χ4n) is 0.948. The molecule has 0 fully saturated rings. The van der Waals surface area contributed by atoms with Gasteiger partial charge in [-0.2, -0.15) is 0 Å². The summed E-state index contributed by atoms with van der Waals surface area (Å²) >= 11 is 0. The van der Waals surface area contributed by atoms with E-state index in [4.69, 9.17) is 9.05 Å². The summed E-state index contributed by atoms with van der Waals surface area (Å²) in [5, 5.41) is 0. The predicted octanol–water partition coefficient (Wildman–Crippen LogP) is 3.30. The average Bonchev–Trinajstić information content (AvgIpc) is 2.30. The van der Waals surface area contributed by atoms with E-state index in [1.807, 2.05) is 6.92 Å². The van der Waals surface area contributed by atoms with Crippen LogP contribution in [0.4, 0.5) is 0 Å². The van der Waals surface area contributed by atoms with Crippen LogP contribution in [-0.4, -0.2) is 18.7 Å². The second kappa shape index (κ2) is 8.45. The lowest BCUT2D eigenvalue weighted by atomic mass is 10.3. The van der Waals surface area contributed by atoms with E-state index in [0.717, 1.165) is 6.42 Å². The summed E-state index contributed by atoms with van der Waals surface area (Å²) in [5.74, 6) is 0. The Kier molecular flexibility index (Phi) is 8.08. The van der Waals surface area contributed by atoms with Gasteiger partial charge in [0.15, 0.2) is 0 Å². The Morgan fingerprint density at radius 3 is 2.12 bits per heavy atom. The third-order valence-electron chi connectivity index (χ3n) is 1.77. The van der Waals surface area contributed by atoms with Crippen molar-refractivity contribution in [3.05, 3.63) is 25.3 Å². The predicted molar refractivity (Wildman–Crippen MR) is 64.4 cm³/mol. The third-order valence-corrected chi connectivity index (χ3v) is 3.59. The lowest BCUT2D eigenvalue weighted by Gasteiger charge is -2.15. The lowest BCUT2D eigenvalue weighted by Crippen LogP contribution is -2.07. The Balaban J connectivity index is 4.48. The summed E-state index contributed by atoms with van der Waals surface area (Å²) in [6.45, 7) is 8.88. The molecule has 0 saturated heterocycles. The number of rotatable bonds is 10. The second-order valence-corrected chi connectivity index (χ2v) is 5.17. The van der Waals surface area contributed by atoms with E-state index in [1.54, 1.807) is 0 Å². The van der Waals surface area contributed by atoms with Crippen molar-refractivity contribution >= 4 is 13.1 Å². The zero-order valence-electron chi connectivity index (χ0n) is 9.68. The van der Waals surface area contributed by atoms with E-state index >= 15 is 0 Å². The maximum Gasteiger partial charge on any atom is 0.397 e. The van der Waals surface area contributed by atoms with Crippen LogP contribution in [0.3, 0.4) is 0 Å². The number of carbonyl (C=O) groups is 1. The van der Waals surface area contributed by atoms with Gasteiger partial charge >= 0.3 is 7.60 Å². The molecule has 0 amide bonds. The summed E-state index contributed by atoms with van der Waals surface area (Å²) in [5.41, 5.74) is -0.474. The van der Waals surface area contributed by atoms with E-state index in [2.05, 4.69) is 13.2 Å². The molecule has 0 unspecified atom stereocenters. The molecule has 0 rings (SSSR count). The first-order valence-corrected chi connectivity index (χ1v) is 6.79. The summed E-state index contributed by atoms with van der Waals surface area (Å²) in [4.78, 5) is 11.7.